The molecule has 2 rings (SSSR count). The molecule has 1 unspecified atom stereocenters. The number of primary amides is 1. The minimum Gasteiger partial charge on any atom is -0.396 e. The average Bonchev–Trinajstić information content (AvgIpc) is 2.99. The number of carbonyl (C=O) groups is 2. The smallest absolute Gasteiger partial charge is 0.251 e. The summed E-state index contributed by atoms with van der Waals surface area (Å²) < 4.78 is 25.2. The maximum absolute atomic E-state index is 12.7. The summed E-state index contributed by atoms with van der Waals surface area (Å²) in [6.07, 6.45) is 0. The van der Waals surface area contributed by atoms with Gasteiger partial charge in [-0.05, 0) is 30.3 Å². The number of hydrogen-bond acceptors (Lipinski definition) is 6. The standard InChI is InChI=1S/C15H15ClN2O5S2/c1-8(7-19)14(21)18-15-11(13(17)20)6-12(24-15)25(22,23)10-4-2-9(16)3-5-10/h2-6,8,19H,7H2,1H3,(H2,17,20)(H,18,21). The van der Waals surface area contributed by atoms with Gasteiger partial charge in [0.15, 0.2) is 0 Å². The van der Waals surface area contributed by atoms with E-state index in [0.717, 1.165) is 6.07 Å². The number of hydrogen-bond donors (Lipinski definition) is 3. The lowest BCUT2D eigenvalue weighted by Gasteiger charge is -2.08. The summed E-state index contributed by atoms with van der Waals surface area (Å²) in [6, 6.07) is 6.67. The van der Waals surface area contributed by atoms with Crippen molar-refractivity contribution in [3.8, 4) is 0 Å². The lowest BCUT2D eigenvalue weighted by atomic mass is 10.2. The van der Waals surface area contributed by atoms with E-state index in [4.69, 9.17) is 22.4 Å². The Labute approximate surface area is 153 Å². The van der Waals surface area contributed by atoms with Gasteiger partial charge in [-0.2, -0.15) is 0 Å². The van der Waals surface area contributed by atoms with Gasteiger partial charge in [0.2, 0.25) is 15.7 Å². The fourth-order valence-corrected chi connectivity index (χ4v) is 4.73. The molecule has 25 heavy (non-hydrogen) atoms. The number of rotatable bonds is 6. The van der Waals surface area contributed by atoms with Crippen molar-refractivity contribution in [2.75, 3.05) is 11.9 Å². The van der Waals surface area contributed by atoms with Crippen LogP contribution in [0.1, 0.15) is 17.3 Å². The van der Waals surface area contributed by atoms with E-state index in [-0.39, 0.29) is 26.3 Å². The van der Waals surface area contributed by atoms with Crippen LogP contribution in [-0.2, 0) is 14.6 Å². The Morgan fingerprint density at radius 3 is 2.44 bits per heavy atom. The van der Waals surface area contributed by atoms with Crippen LogP contribution in [0, 0.1) is 5.92 Å². The molecule has 4 N–H and O–H groups in total. The number of thiophene rings is 1. The third-order valence-corrected chi connectivity index (χ3v) is 6.87. The van der Waals surface area contributed by atoms with Gasteiger partial charge in [0.1, 0.15) is 9.21 Å². The Hall–Kier alpha value is -1.94. The maximum Gasteiger partial charge on any atom is 0.251 e. The van der Waals surface area contributed by atoms with Crippen molar-refractivity contribution in [1.82, 2.24) is 0 Å². The van der Waals surface area contributed by atoms with Crippen molar-refractivity contribution >= 4 is 49.6 Å². The monoisotopic (exact) mass is 402 g/mol. The van der Waals surface area contributed by atoms with E-state index in [9.17, 15) is 18.0 Å². The van der Waals surface area contributed by atoms with Gasteiger partial charge in [-0.25, -0.2) is 8.42 Å². The number of sulfone groups is 1. The summed E-state index contributed by atoms with van der Waals surface area (Å²) in [4.78, 5) is 23.5. The number of aliphatic hydroxyl groups is 1. The predicted octanol–water partition coefficient (Wildman–Crippen LogP) is 1.90. The molecule has 0 bridgehead atoms. The summed E-state index contributed by atoms with van der Waals surface area (Å²) in [5.74, 6) is -2.15. The third kappa shape index (κ3) is 4.18. The van der Waals surface area contributed by atoms with Gasteiger partial charge in [0.25, 0.3) is 5.91 Å². The summed E-state index contributed by atoms with van der Waals surface area (Å²) >= 11 is 6.47. The van der Waals surface area contributed by atoms with Crippen LogP contribution in [0.3, 0.4) is 0 Å². The first-order valence-electron chi connectivity index (χ1n) is 7.02. The van der Waals surface area contributed by atoms with E-state index in [0.29, 0.717) is 16.4 Å². The van der Waals surface area contributed by atoms with Crippen LogP contribution in [0.4, 0.5) is 5.00 Å². The molecule has 134 valence electrons. The highest BCUT2D eigenvalue weighted by Crippen LogP contribution is 2.35. The largest absolute Gasteiger partial charge is 0.396 e. The summed E-state index contributed by atoms with van der Waals surface area (Å²) in [5.41, 5.74) is 5.15. The molecule has 0 spiro atoms. The lowest BCUT2D eigenvalue weighted by molar-refractivity contribution is -0.120. The van der Waals surface area contributed by atoms with Gasteiger partial charge in [-0.3, -0.25) is 9.59 Å². The van der Waals surface area contributed by atoms with E-state index in [2.05, 4.69) is 5.32 Å². The van der Waals surface area contributed by atoms with Gasteiger partial charge >= 0.3 is 0 Å². The van der Waals surface area contributed by atoms with Crippen LogP contribution >= 0.6 is 22.9 Å². The molecule has 0 radical (unpaired) electrons. The summed E-state index contributed by atoms with van der Waals surface area (Å²) in [6.45, 7) is 1.09. The van der Waals surface area contributed by atoms with Crippen LogP contribution in [0.2, 0.25) is 5.02 Å². The molecule has 1 atom stereocenters. The molecular weight excluding hydrogens is 388 g/mol. The summed E-state index contributed by atoms with van der Waals surface area (Å²) in [7, 11) is -3.90. The molecule has 0 aliphatic carbocycles. The van der Waals surface area contributed by atoms with E-state index in [1.54, 1.807) is 0 Å². The van der Waals surface area contributed by atoms with Gasteiger partial charge in [0, 0.05) is 5.02 Å². The third-order valence-electron chi connectivity index (χ3n) is 3.32. The fourth-order valence-electron chi connectivity index (χ4n) is 1.82. The summed E-state index contributed by atoms with van der Waals surface area (Å²) in [5, 5.41) is 11.8. The van der Waals surface area contributed by atoms with E-state index >= 15 is 0 Å². The second-order valence-corrected chi connectivity index (χ2v) is 8.87. The molecule has 10 heteroatoms. The fraction of sp³-hybridized carbons (Fsp3) is 0.200. The Kier molecular flexibility index (Phi) is 5.83. The normalized spacial score (nSPS) is 12.6. The number of aliphatic hydroxyl groups excluding tert-OH is 1. The SMILES string of the molecule is CC(CO)C(=O)Nc1sc(S(=O)(=O)c2ccc(Cl)cc2)cc1C(N)=O. The quantitative estimate of drug-likeness (QED) is 0.680. The van der Waals surface area contributed by atoms with Crippen LogP contribution in [0.25, 0.3) is 0 Å². The number of nitrogens with one attached hydrogen (secondary N) is 1. The molecular formula is C15H15ClN2O5S2. The molecule has 0 aliphatic rings. The number of halogens is 1. The van der Waals surface area contributed by atoms with Crippen molar-refractivity contribution < 1.29 is 23.1 Å². The molecule has 1 aromatic carbocycles. The number of anilines is 1. The Morgan fingerprint density at radius 2 is 1.92 bits per heavy atom. The molecule has 1 heterocycles. The van der Waals surface area contributed by atoms with E-state index < -0.39 is 27.6 Å². The molecule has 0 saturated heterocycles. The highest BCUT2D eigenvalue weighted by Gasteiger charge is 2.26. The van der Waals surface area contributed by atoms with E-state index in [1.807, 2.05) is 0 Å². The zero-order valence-corrected chi connectivity index (χ0v) is 15.4. The maximum atomic E-state index is 12.7. The molecule has 1 aromatic heterocycles. The van der Waals surface area contributed by atoms with Gasteiger partial charge < -0.3 is 16.2 Å². The number of benzene rings is 1. The van der Waals surface area contributed by atoms with Crippen molar-refractivity contribution in [3.63, 3.8) is 0 Å². The topological polar surface area (TPSA) is 127 Å². The van der Waals surface area contributed by atoms with Crippen molar-refractivity contribution in [2.24, 2.45) is 11.7 Å². The predicted molar refractivity (Wildman–Crippen MR) is 94.6 cm³/mol. The Balaban J connectivity index is 2.46. The second kappa shape index (κ2) is 7.52. The zero-order valence-electron chi connectivity index (χ0n) is 13.0. The average molecular weight is 403 g/mol. The first kappa shape index (κ1) is 19.4. The molecule has 7 nitrogen and oxygen atoms in total. The van der Waals surface area contributed by atoms with Crippen molar-refractivity contribution in [3.05, 3.63) is 40.9 Å². The van der Waals surface area contributed by atoms with Gasteiger partial charge in [0.05, 0.1) is 23.0 Å². The second-order valence-electron chi connectivity index (χ2n) is 5.20. The number of amides is 2. The van der Waals surface area contributed by atoms with E-state index in [1.165, 1.54) is 31.2 Å². The van der Waals surface area contributed by atoms with Crippen molar-refractivity contribution in [1.29, 1.82) is 0 Å². The number of nitrogens with two attached hydrogens (primary N) is 1. The molecule has 0 saturated carbocycles. The molecule has 0 fully saturated rings. The van der Waals surface area contributed by atoms with Crippen molar-refractivity contribution in [2.45, 2.75) is 16.0 Å². The highest BCUT2D eigenvalue weighted by molar-refractivity contribution is 7.93. The minimum atomic E-state index is -3.90. The van der Waals surface area contributed by atoms with Crippen LogP contribution in [-0.4, -0.2) is 31.9 Å². The Morgan fingerprint density at radius 1 is 1.32 bits per heavy atom. The molecule has 2 aromatic rings. The molecule has 2 amide bonds. The Bertz CT molecular complexity index is 907. The first-order chi connectivity index (χ1) is 11.7. The lowest BCUT2D eigenvalue weighted by Crippen LogP contribution is -2.24. The van der Waals surface area contributed by atoms with Gasteiger partial charge in [-0.15, -0.1) is 11.3 Å². The van der Waals surface area contributed by atoms with Crippen LogP contribution < -0.4 is 11.1 Å². The minimum absolute atomic E-state index is 0.00391. The highest BCUT2D eigenvalue weighted by atomic mass is 35.5. The zero-order chi connectivity index (χ0) is 18.8. The van der Waals surface area contributed by atoms with Gasteiger partial charge in [-0.1, -0.05) is 18.5 Å². The van der Waals surface area contributed by atoms with Crippen LogP contribution in [0.5, 0.6) is 0 Å². The van der Waals surface area contributed by atoms with Crippen LogP contribution in [0.15, 0.2) is 39.4 Å². The molecule has 0 aliphatic heterocycles. The first-order valence-corrected chi connectivity index (χ1v) is 9.70. The number of carbonyl (C=O) groups excluding carboxylic acids is 2.